The van der Waals surface area contributed by atoms with Crippen molar-refractivity contribution in [3.05, 3.63) is 47.2 Å². The van der Waals surface area contributed by atoms with E-state index in [1.54, 1.807) is 20.8 Å². The van der Waals surface area contributed by atoms with Crippen molar-refractivity contribution in [3.63, 3.8) is 0 Å². The fourth-order valence-electron chi connectivity index (χ4n) is 3.81. The standard InChI is InChI=1S/C24H24F5N5O3/c1-12-16(25)7-19(34(12)22(36)37-23(2,3)4)21(35)33-9-14-6-18(31-11-17(14)26)15-5-13(8-30)20(32-10-15)24(27,28)29/h5-6,10-12,16,19H,7,9H2,1-4H3,(H,33,35)/t12-,16-,19-/m0/s1. The zero-order chi connectivity index (χ0) is 27.7. The van der Waals surface area contributed by atoms with Crippen molar-refractivity contribution >= 4 is 12.0 Å². The van der Waals surface area contributed by atoms with Crippen molar-refractivity contribution in [2.45, 2.75) is 70.7 Å². The number of carbonyl (C=O) groups is 2. The van der Waals surface area contributed by atoms with Crippen LogP contribution in [0.25, 0.3) is 11.3 Å². The maximum Gasteiger partial charge on any atom is 0.434 e. The predicted molar refractivity (Wildman–Crippen MR) is 120 cm³/mol. The monoisotopic (exact) mass is 525 g/mol. The number of hydrogen-bond donors (Lipinski definition) is 1. The van der Waals surface area contributed by atoms with Gasteiger partial charge in [-0.3, -0.25) is 14.7 Å². The fraction of sp³-hybridized carbons (Fsp3) is 0.458. The number of ether oxygens (including phenoxy) is 1. The molecule has 8 nitrogen and oxygen atoms in total. The Morgan fingerprint density at radius 3 is 2.49 bits per heavy atom. The molecule has 0 radical (unpaired) electrons. The van der Waals surface area contributed by atoms with Crippen LogP contribution in [0.1, 0.15) is 50.9 Å². The average Bonchev–Trinajstić information content (AvgIpc) is 3.10. The summed E-state index contributed by atoms with van der Waals surface area (Å²) in [7, 11) is 0. The van der Waals surface area contributed by atoms with Crippen LogP contribution in [0.5, 0.6) is 0 Å². The zero-order valence-electron chi connectivity index (χ0n) is 20.4. The molecule has 0 spiro atoms. The number of nitrogens with one attached hydrogen (secondary N) is 1. The number of rotatable bonds is 4. The van der Waals surface area contributed by atoms with Gasteiger partial charge in [0.2, 0.25) is 5.91 Å². The molecule has 1 fully saturated rings. The number of alkyl halides is 4. The van der Waals surface area contributed by atoms with Crippen LogP contribution in [0.4, 0.5) is 26.7 Å². The summed E-state index contributed by atoms with van der Waals surface area (Å²) in [5.74, 6) is -1.56. The van der Waals surface area contributed by atoms with Crippen molar-refractivity contribution in [1.82, 2.24) is 20.2 Å². The van der Waals surface area contributed by atoms with Gasteiger partial charge in [0, 0.05) is 30.3 Å². The Kier molecular flexibility index (Phi) is 7.71. The Bertz CT molecular complexity index is 1240. The molecular formula is C24H24F5N5O3. The van der Waals surface area contributed by atoms with E-state index in [9.17, 15) is 31.5 Å². The number of hydrogen-bond acceptors (Lipinski definition) is 6. The first-order valence-corrected chi connectivity index (χ1v) is 11.2. The van der Waals surface area contributed by atoms with Gasteiger partial charge >= 0.3 is 12.3 Å². The van der Waals surface area contributed by atoms with Gasteiger partial charge in [-0.2, -0.15) is 18.4 Å². The Morgan fingerprint density at radius 1 is 1.22 bits per heavy atom. The third kappa shape index (κ3) is 6.31. The van der Waals surface area contributed by atoms with Gasteiger partial charge in [-0.1, -0.05) is 0 Å². The van der Waals surface area contributed by atoms with Crippen molar-refractivity contribution in [1.29, 1.82) is 5.26 Å². The quantitative estimate of drug-likeness (QED) is 0.588. The Hall–Kier alpha value is -3.82. The van der Waals surface area contributed by atoms with Gasteiger partial charge in [-0.25, -0.2) is 18.6 Å². The number of likely N-dealkylation sites (tertiary alicyclic amines) is 1. The second-order valence-corrected chi connectivity index (χ2v) is 9.50. The SMILES string of the molecule is C[C@H]1[C@@H](F)C[C@@H](C(=O)NCc2cc(-c3cnc(C(F)(F)F)c(C#N)c3)ncc2F)N1C(=O)OC(C)(C)C. The van der Waals surface area contributed by atoms with Gasteiger partial charge in [0.1, 0.15) is 29.7 Å². The summed E-state index contributed by atoms with van der Waals surface area (Å²) in [4.78, 5) is 33.6. The Balaban J connectivity index is 1.80. The van der Waals surface area contributed by atoms with Crippen molar-refractivity contribution in [2.75, 3.05) is 0 Å². The van der Waals surface area contributed by atoms with Crippen LogP contribution in [0.3, 0.4) is 0 Å². The van der Waals surface area contributed by atoms with Crippen molar-refractivity contribution < 1.29 is 36.3 Å². The van der Waals surface area contributed by atoms with E-state index in [4.69, 9.17) is 10.00 Å². The van der Waals surface area contributed by atoms with Crippen LogP contribution in [0.2, 0.25) is 0 Å². The Labute approximate surface area is 209 Å². The van der Waals surface area contributed by atoms with Crippen LogP contribution in [-0.4, -0.2) is 50.7 Å². The number of carbonyl (C=O) groups excluding carboxylic acids is 2. The van der Waals surface area contributed by atoms with E-state index in [0.717, 1.165) is 23.4 Å². The number of aromatic nitrogens is 2. The molecule has 1 aliphatic heterocycles. The van der Waals surface area contributed by atoms with Crippen LogP contribution in [-0.2, 0) is 22.3 Å². The minimum absolute atomic E-state index is 0.0112. The van der Waals surface area contributed by atoms with E-state index in [0.29, 0.717) is 0 Å². The summed E-state index contributed by atoms with van der Waals surface area (Å²) in [5.41, 5.74) is -3.01. The molecule has 1 aliphatic rings. The minimum Gasteiger partial charge on any atom is -0.444 e. The van der Waals surface area contributed by atoms with Crippen molar-refractivity contribution in [3.8, 4) is 17.3 Å². The first-order valence-electron chi connectivity index (χ1n) is 11.2. The zero-order valence-corrected chi connectivity index (χ0v) is 20.4. The summed E-state index contributed by atoms with van der Waals surface area (Å²) >= 11 is 0. The molecule has 0 bridgehead atoms. The normalized spacial score (nSPS) is 19.9. The van der Waals surface area contributed by atoms with E-state index in [2.05, 4.69) is 15.3 Å². The van der Waals surface area contributed by atoms with E-state index in [1.807, 2.05) is 0 Å². The summed E-state index contributed by atoms with van der Waals surface area (Å²) in [5, 5.41) is 11.5. The number of pyridine rings is 2. The highest BCUT2D eigenvalue weighted by Crippen LogP contribution is 2.32. The van der Waals surface area contributed by atoms with E-state index in [1.165, 1.54) is 19.1 Å². The number of amides is 2. The molecule has 0 unspecified atom stereocenters. The molecule has 37 heavy (non-hydrogen) atoms. The molecule has 2 aromatic rings. The third-order valence-corrected chi connectivity index (χ3v) is 5.61. The first kappa shape index (κ1) is 27.8. The van der Waals surface area contributed by atoms with Crippen LogP contribution < -0.4 is 5.32 Å². The largest absolute Gasteiger partial charge is 0.444 e. The third-order valence-electron chi connectivity index (χ3n) is 5.61. The second kappa shape index (κ2) is 10.3. The highest BCUT2D eigenvalue weighted by molar-refractivity contribution is 5.86. The molecule has 198 valence electrons. The van der Waals surface area contributed by atoms with Crippen LogP contribution >= 0.6 is 0 Å². The molecule has 3 heterocycles. The van der Waals surface area contributed by atoms with Gasteiger partial charge in [0.05, 0.1) is 23.5 Å². The lowest BCUT2D eigenvalue weighted by Gasteiger charge is -2.30. The summed E-state index contributed by atoms with van der Waals surface area (Å²) < 4.78 is 73.2. The maximum atomic E-state index is 14.4. The van der Waals surface area contributed by atoms with Crippen LogP contribution in [0.15, 0.2) is 24.5 Å². The lowest BCUT2D eigenvalue weighted by Crippen LogP contribution is -2.50. The lowest BCUT2D eigenvalue weighted by molar-refractivity contribution is -0.141. The molecule has 2 aromatic heterocycles. The first-order chi connectivity index (χ1) is 17.1. The van der Waals surface area contributed by atoms with E-state index >= 15 is 0 Å². The summed E-state index contributed by atoms with van der Waals surface area (Å²) in [6, 6.07) is 1.43. The molecule has 3 rings (SSSR count). The molecular weight excluding hydrogens is 501 g/mol. The predicted octanol–water partition coefficient (Wildman–Crippen LogP) is 4.53. The number of halogens is 5. The smallest absolute Gasteiger partial charge is 0.434 e. The molecule has 0 saturated carbocycles. The van der Waals surface area contributed by atoms with E-state index in [-0.39, 0.29) is 29.8 Å². The van der Waals surface area contributed by atoms with Gasteiger partial charge in [-0.15, -0.1) is 0 Å². The topological polar surface area (TPSA) is 108 Å². The molecule has 0 aromatic carbocycles. The summed E-state index contributed by atoms with van der Waals surface area (Å²) in [6.45, 7) is 5.95. The molecule has 2 amide bonds. The van der Waals surface area contributed by atoms with Gasteiger partial charge in [0.15, 0.2) is 5.69 Å². The Morgan fingerprint density at radius 2 is 1.89 bits per heavy atom. The second-order valence-electron chi connectivity index (χ2n) is 9.50. The number of nitrogens with zero attached hydrogens (tertiary/aromatic N) is 4. The van der Waals surface area contributed by atoms with Crippen LogP contribution in [0, 0.1) is 17.1 Å². The molecule has 1 N–H and O–H groups in total. The van der Waals surface area contributed by atoms with Gasteiger partial charge in [-0.05, 0) is 39.8 Å². The van der Waals surface area contributed by atoms with E-state index < -0.39 is 59.1 Å². The molecule has 0 aliphatic carbocycles. The highest BCUT2D eigenvalue weighted by Gasteiger charge is 2.46. The molecule has 13 heteroatoms. The minimum atomic E-state index is -4.83. The maximum absolute atomic E-state index is 14.4. The van der Waals surface area contributed by atoms with Crippen molar-refractivity contribution in [2.24, 2.45) is 0 Å². The fourth-order valence-corrected chi connectivity index (χ4v) is 3.81. The van der Waals surface area contributed by atoms with Gasteiger partial charge in [0.25, 0.3) is 0 Å². The summed E-state index contributed by atoms with van der Waals surface area (Å²) in [6.07, 6.45) is -5.78. The molecule has 1 saturated heterocycles. The average molecular weight is 525 g/mol. The number of nitriles is 1. The highest BCUT2D eigenvalue weighted by atomic mass is 19.4. The molecule has 3 atom stereocenters. The van der Waals surface area contributed by atoms with Gasteiger partial charge < -0.3 is 10.1 Å². The lowest BCUT2D eigenvalue weighted by atomic mass is 10.1.